The highest BCUT2D eigenvalue weighted by molar-refractivity contribution is 5.95. The summed E-state index contributed by atoms with van der Waals surface area (Å²) in [6, 6.07) is 1.49. The molecule has 1 heterocycles. The molecule has 7 nitrogen and oxygen atoms in total. The topological polar surface area (TPSA) is 108 Å². The first-order valence-corrected chi connectivity index (χ1v) is 4.31. The molecule has 1 rings (SSSR count). The standard InChI is InChI=1S/C8H5F3N4O3/c9-8(10,11)7(18)14-6-4(1-12)2-13-15(6)3-5(16)17/h2H,3H2,(H,14,18)(H,16,17). The van der Waals surface area contributed by atoms with Gasteiger partial charge in [-0.25, -0.2) is 4.68 Å². The maximum atomic E-state index is 12.0. The molecule has 0 atom stereocenters. The van der Waals surface area contributed by atoms with Gasteiger partial charge in [0.1, 0.15) is 24.0 Å². The van der Waals surface area contributed by atoms with Crippen LogP contribution in [-0.2, 0) is 16.1 Å². The van der Waals surface area contributed by atoms with Crippen molar-refractivity contribution in [2.24, 2.45) is 0 Å². The number of aromatic nitrogens is 2. The van der Waals surface area contributed by atoms with Crippen molar-refractivity contribution in [3.63, 3.8) is 0 Å². The van der Waals surface area contributed by atoms with Crippen LogP contribution in [0.3, 0.4) is 0 Å². The molecular weight excluding hydrogens is 257 g/mol. The minimum Gasteiger partial charge on any atom is -0.480 e. The zero-order chi connectivity index (χ0) is 13.9. The third kappa shape index (κ3) is 2.97. The molecule has 0 spiro atoms. The Hall–Kier alpha value is -2.57. The van der Waals surface area contributed by atoms with Gasteiger partial charge in [-0.15, -0.1) is 0 Å². The fourth-order valence-electron chi connectivity index (χ4n) is 1.03. The molecule has 0 saturated heterocycles. The molecule has 10 heteroatoms. The lowest BCUT2D eigenvalue weighted by Crippen LogP contribution is -2.31. The summed E-state index contributed by atoms with van der Waals surface area (Å²) < 4.78 is 36.7. The Kier molecular flexibility index (Phi) is 3.55. The first-order chi connectivity index (χ1) is 8.25. The van der Waals surface area contributed by atoms with Crippen molar-refractivity contribution in [3.05, 3.63) is 11.8 Å². The van der Waals surface area contributed by atoms with E-state index in [0.717, 1.165) is 6.20 Å². The van der Waals surface area contributed by atoms with E-state index in [4.69, 9.17) is 10.4 Å². The van der Waals surface area contributed by atoms with Gasteiger partial charge in [-0.2, -0.15) is 23.5 Å². The maximum Gasteiger partial charge on any atom is 0.471 e. The van der Waals surface area contributed by atoms with Gasteiger partial charge >= 0.3 is 18.1 Å². The van der Waals surface area contributed by atoms with Gasteiger partial charge in [0, 0.05) is 0 Å². The summed E-state index contributed by atoms with van der Waals surface area (Å²) >= 11 is 0. The number of carbonyl (C=O) groups is 2. The van der Waals surface area contributed by atoms with Crippen LogP contribution in [0.4, 0.5) is 19.0 Å². The number of carbonyl (C=O) groups excluding carboxylic acids is 1. The zero-order valence-corrected chi connectivity index (χ0v) is 8.52. The van der Waals surface area contributed by atoms with Crippen molar-refractivity contribution in [2.45, 2.75) is 12.7 Å². The highest BCUT2D eigenvalue weighted by atomic mass is 19.4. The molecule has 0 aliphatic carbocycles. The number of amides is 1. The van der Waals surface area contributed by atoms with E-state index in [1.54, 1.807) is 0 Å². The number of halogens is 3. The molecule has 0 fully saturated rings. The van der Waals surface area contributed by atoms with Gasteiger partial charge in [-0.05, 0) is 0 Å². The molecule has 0 saturated carbocycles. The number of aliphatic carboxylic acids is 1. The fraction of sp³-hybridized carbons (Fsp3) is 0.250. The van der Waals surface area contributed by atoms with Crippen LogP contribution < -0.4 is 5.32 Å². The second-order valence-corrected chi connectivity index (χ2v) is 3.02. The van der Waals surface area contributed by atoms with E-state index < -0.39 is 30.4 Å². The van der Waals surface area contributed by atoms with Crippen LogP contribution in [-0.4, -0.2) is 32.9 Å². The molecule has 96 valence electrons. The predicted molar refractivity (Wildman–Crippen MR) is 49.3 cm³/mol. The minimum absolute atomic E-state index is 0.367. The van der Waals surface area contributed by atoms with Crippen LogP contribution in [0, 0.1) is 11.3 Å². The number of alkyl halides is 3. The number of nitrogens with zero attached hydrogens (tertiary/aromatic N) is 3. The lowest BCUT2D eigenvalue weighted by molar-refractivity contribution is -0.167. The Morgan fingerprint density at radius 2 is 2.17 bits per heavy atom. The summed E-state index contributed by atoms with van der Waals surface area (Å²) in [5.74, 6) is -4.31. The highest BCUT2D eigenvalue weighted by Crippen LogP contribution is 2.20. The second kappa shape index (κ2) is 4.74. The average Bonchev–Trinajstić information content (AvgIpc) is 2.59. The average molecular weight is 262 g/mol. The predicted octanol–water partition coefficient (Wildman–Crippen LogP) is 0.340. The number of nitrogens with one attached hydrogen (secondary N) is 1. The van der Waals surface area contributed by atoms with Crippen LogP contribution in [0.25, 0.3) is 0 Å². The highest BCUT2D eigenvalue weighted by Gasteiger charge is 2.39. The quantitative estimate of drug-likeness (QED) is 0.816. The summed E-state index contributed by atoms with van der Waals surface area (Å²) in [5.41, 5.74) is -0.367. The number of anilines is 1. The summed E-state index contributed by atoms with van der Waals surface area (Å²) in [6.07, 6.45) is -4.29. The molecule has 0 radical (unpaired) electrons. The van der Waals surface area contributed by atoms with Gasteiger partial charge in [0.05, 0.1) is 6.20 Å². The van der Waals surface area contributed by atoms with Gasteiger partial charge < -0.3 is 10.4 Å². The SMILES string of the molecule is N#Cc1cnn(CC(=O)O)c1NC(=O)C(F)(F)F. The van der Waals surface area contributed by atoms with E-state index in [9.17, 15) is 22.8 Å². The second-order valence-electron chi connectivity index (χ2n) is 3.02. The lowest BCUT2D eigenvalue weighted by atomic mass is 10.3. The molecule has 1 amide bonds. The molecule has 2 N–H and O–H groups in total. The summed E-state index contributed by atoms with van der Waals surface area (Å²) in [4.78, 5) is 21.1. The molecule has 0 unspecified atom stereocenters. The van der Waals surface area contributed by atoms with Crippen molar-refractivity contribution < 1.29 is 27.9 Å². The monoisotopic (exact) mass is 262 g/mol. The lowest BCUT2D eigenvalue weighted by Gasteiger charge is -2.09. The Bertz CT molecular complexity index is 529. The van der Waals surface area contributed by atoms with E-state index >= 15 is 0 Å². The molecule has 0 aliphatic heterocycles. The molecule has 0 bridgehead atoms. The van der Waals surface area contributed by atoms with Crippen molar-refractivity contribution in [1.29, 1.82) is 5.26 Å². The third-order valence-electron chi connectivity index (χ3n) is 1.73. The summed E-state index contributed by atoms with van der Waals surface area (Å²) in [5, 5.41) is 21.9. The number of hydrogen-bond acceptors (Lipinski definition) is 4. The van der Waals surface area contributed by atoms with Crippen molar-refractivity contribution in [3.8, 4) is 6.07 Å². The van der Waals surface area contributed by atoms with E-state index in [-0.39, 0.29) is 5.56 Å². The molecule has 1 aromatic rings. The van der Waals surface area contributed by atoms with E-state index in [2.05, 4.69) is 5.10 Å². The maximum absolute atomic E-state index is 12.0. The van der Waals surface area contributed by atoms with E-state index in [1.165, 1.54) is 11.4 Å². The van der Waals surface area contributed by atoms with Crippen LogP contribution in [0.2, 0.25) is 0 Å². The third-order valence-corrected chi connectivity index (χ3v) is 1.73. The number of carboxylic acids is 1. The van der Waals surface area contributed by atoms with Crippen molar-refractivity contribution >= 4 is 17.7 Å². The van der Waals surface area contributed by atoms with E-state index in [1.807, 2.05) is 0 Å². The van der Waals surface area contributed by atoms with Gasteiger partial charge in [0.2, 0.25) is 0 Å². The molecule has 18 heavy (non-hydrogen) atoms. The zero-order valence-electron chi connectivity index (χ0n) is 8.52. The summed E-state index contributed by atoms with van der Waals surface area (Å²) in [7, 11) is 0. The molecule has 0 aromatic carbocycles. The van der Waals surface area contributed by atoms with Crippen molar-refractivity contribution in [1.82, 2.24) is 9.78 Å². The summed E-state index contributed by atoms with van der Waals surface area (Å²) in [6.45, 7) is -0.783. The molecule has 1 aromatic heterocycles. The fourth-order valence-corrected chi connectivity index (χ4v) is 1.03. The van der Waals surface area contributed by atoms with Crippen LogP contribution >= 0.6 is 0 Å². The number of carboxylic acid groups (broad SMARTS) is 1. The molecule has 0 aliphatic rings. The first-order valence-electron chi connectivity index (χ1n) is 4.31. The van der Waals surface area contributed by atoms with Gasteiger partial charge in [-0.3, -0.25) is 9.59 Å². The number of nitriles is 1. The first kappa shape index (κ1) is 13.5. The Labute approximate surface area is 97.4 Å². The minimum atomic E-state index is -5.15. The van der Waals surface area contributed by atoms with E-state index in [0.29, 0.717) is 4.68 Å². The normalized spacial score (nSPS) is 10.8. The largest absolute Gasteiger partial charge is 0.480 e. The number of rotatable bonds is 3. The van der Waals surface area contributed by atoms with Gasteiger partial charge in [0.15, 0.2) is 0 Å². The van der Waals surface area contributed by atoms with Crippen LogP contribution in [0.1, 0.15) is 5.56 Å². The number of hydrogen-bond donors (Lipinski definition) is 2. The smallest absolute Gasteiger partial charge is 0.471 e. The molecular formula is C8H5F3N4O3. The Morgan fingerprint density at radius 1 is 1.56 bits per heavy atom. The van der Waals surface area contributed by atoms with Gasteiger partial charge in [-0.1, -0.05) is 0 Å². The van der Waals surface area contributed by atoms with Crippen molar-refractivity contribution in [2.75, 3.05) is 5.32 Å². The Balaban J connectivity index is 3.06. The van der Waals surface area contributed by atoms with Gasteiger partial charge in [0.25, 0.3) is 0 Å². The van der Waals surface area contributed by atoms with Crippen LogP contribution in [0.5, 0.6) is 0 Å². The Morgan fingerprint density at radius 3 is 2.61 bits per heavy atom. The van der Waals surface area contributed by atoms with Crippen LogP contribution in [0.15, 0.2) is 6.20 Å².